The molecule has 2 aliphatic rings. The first kappa shape index (κ1) is 24.1. The number of piperidine rings is 1. The molecular formula is C29H29N5O4. The van der Waals surface area contributed by atoms with Crippen molar-refractivity contribution in [2.45, 2.75) is 45.6 Å². The van der Waals surface area contributed by atoms with Crippen LogP contribution in [0.25, 0.3) is 22.2 Å². The second kappa shape index (κ2) is 8.93. The number of aromatic carboxylic acids is 1. The Hall–Kier alpha value is -4.27. The van der Waals surface area contributed by atoms with Crippen LogP contribution in [0.15, 0.2) is 48.8 Å². The monoisotopic (exact) mass is 511 g/mol. The van der Waals surface area contributed by atoms with Crippen molar-refractivity contribution >= 4 is 28.6 Å². The first-order valence-electron chi connectivity index (χ1n) is 12.9. The van der Waals surface area contributed by atoms with E-state index in [9.17, 15) is 19.5 Å². The number of likely N-dealkylation sites (tertiary alicyclic amines) is 1. The van der Waals surface area contributed by atoms with Crippen molar-refractivity contribution in [2.75, 3.05) is 13.1 Å². The summed E-state index contributed by atoms with van der Waals surface area (Å²) in [7, 11) is 0. The first-order valence-corrected chi connectivity index (χ1v) is 12.9. The van der Waals surface area contributed by atoms with Crippen LogP contribution in [0, 0.1) is 5.41 Å². The SMILES string of the molecule is CC(C)n1ncc2c1C(=O)CC1(CCN(C(=O)c3cc4ccnc(-c5cccc(C(=O)O)c5)c4[nH]3)CC1)C2. The maximum atomic E-state index is 13.5. The Morgan fingerprint density at radius 2 is 1.89 bits per heavy atom. The standard InChI is InChI=1S/C29H29N5O4/c1-17(2)34-26-21(16-31-34)14-29(15-23(26)35)7-10-33(11-8-29)27(36)22-13-19-6-9-30-24(25(19)32-22)18-4-3-5-20(12-18)28(37)38/h3-6,9,12-13,16-17,32H,7-8,10-11,14-15H2,1-2H3,(H,37,38). The fraction of sp³-hybridized carbons (Fsp3) is 0.345. The van der Waals surface area contributed by atoms with Crippen molar-refractivity contribution in [1.82, 2.24) is 24.6 Å². The summed E-state index contributed by atoms with van der Waals surface area (Å²) >= 11 is 0. The number of H-pyrrole nitrogens is 1. The van der Waals surface area contributed by atoms with Crippen LogP contribution in [-0.4, -0.2) is 60.5 Å². The molecule has 1 amide bonds. The third-order valence-electron chi connectivity index (χ3n) is 7.99. The Kier molecular flexibility index (Phi) is 5.66. The number of amides is 1. The maximum absolute atomic E-state index is 13.5. The molecule has 1 aromatic carbocycles. The van der Waals surface area contributed by atoms with Gasteiger partial charge in [-0.2, -0.15) is 5.10 Å². The molecule has 3 aromatic heterocycles. The number of carbonyl (C=O) groups is 3. The van der Waals surface area contributed by atoms with Gasteiger partial charge in [0.15, 0.2) is 5.78 Å². The minimum atomic E-state index is -1.01. The Morgan fingerprint density at radius 3 is 2.63 bits per heavy atom. The van der Waals surface area contributed by atoms with Gasteiger partial charge in [-0.25, -0.2) is 4.79 Å². The molecule has 1 fully saturated rings. The number of carboxylic acid groups (broad SMARTS) is 1. The van der Waals surface area contributed by atoms with Crippen molar-refractivity contribution in [3.63, 3.8) is 0 Å². The van der Waals surface area contributed by atoms with Crippen LogP contribution >= 0.6 is 0 Å². The minimum Gasteiger partial charge on any atom is -0.478 e. The number of ketones is 1. The van der Waals surface area contributed by atoms with Gasteiger partial charge in [0.25, 0.3) is 5.91 Å². The lowest BCUT2D eigenvalue weighted by atomic mass is 9.67. The third kappa shape index (κ3) is 3.98. The van der Waals surface area contributed by atoms with Gasteiger partial charge in [-0.1, -0.05) is 12.1 Å². The van der Waals surface area contributed by atoms with Crippen LogP contribution in [0.3, 0.4) is 0 Å². The van der Waals surface area contributed by atoms with Crippen LogP contribution in [-0.2, 0) is 6.42 Å². The van der Waals surface area contributed by atoms with Crippen LogP contribution in [0.4, 0.5) is 0 Å². The molecule has 1 aliphatic carbocycles. The Balaban J connectivity index is 1.21. The summed E-state index contributed by atoms with van der Waals surface area (Å²) in [6, 6.07) is 10.4. The van der Waals surface area contributed by atoms with Gasteiger partial charge in [-0.3, -0.25) is 19.3 Å². The van der Waals surface area contributed by atoms with Crippen LogP contribution in [0.2, 0.25) is 0 Å². The van der Waals surface area contributed by atoms with Gasteiger partial charge < -0.3 is 15.0 Å². The number of nitrogens with zero attached hydrogens (tertiary/aromatic N) is 4. The average molecular weight is 512 g/mol. The first-order chi connectivity index (χ1) is 18.2. The predicted octanol–water partition coefficient (Wildman–Crippen LogP) is 4.76. The fourth-order valence-corrected chi connectivity index (χ4v) is 6.01. The van der Waals surface area contributed by atoms with E-state index in [1.807, 2.05) is 47.8 Å². The van der Waals surface area contributed by atoms with Crippen LogP contribution in [0.1, 0.15) is 76.1 Å². The van der Waals surface area contributed by atoms with Crippen molar-refractivity contribution < 1.29 is 19.5 Å². The average Bonchev–Trinajstić information content (AvgIpc) is 3.53. The molecule has 4 heterocycles. The molecule has 0 atom stereocenters. The summed E-state index contributed by atoms with van der Waals surface area (Å²) < 4.78 is 1.83. The quantitative estimate of drug-likeness (QED) is 0.408. The van der Waals surface area contributed by atoms with Gasteiger partial charge in [0.1, 0.15) is 11.4 Å². The number of carboxylic acids is 1. The summed E-state index contributed by atoms with van der Waals surface area (Å²) in [5.74, 6) is -0.939. The minimum absolute atomic E-state index is 0.0864. The van der Waals surface area contributed by atoms with E-state index in [1.54, 1.807) is 18.3 Å². The Labute approximate surface area is 219 Å². The lowest BCUT2D eigenvalue weighted by Crippen LogP contribution is -2.46. The highest BCUT2D eigenvalue weighted by molar-refractivity contribution is 6.02. The summed E-state index contributed by atoms with van der Waals surface area (Å²) in [5.41, 5.74) is 4.26. The largest absolute Gasteiger partial charge is 0.478 e. The molecule has 0 radical (unpaired) electrons. The number of rotatable bonds is 4. The van der Waals surface area contributed by atoms with Crippen LogP contribution < -0.4 is 0 Å². The molecule has 0 unspecified atom stereocenters. The number of aromatic nitrogens is 4. The highest BCUT2D eigenvalue weighted by Crippen LogP contribution is 2.44. The number of hydrogen-bond acceptors (Lipinski definition) is 5. The number of pyridine rings is 1. The zero-order chi connectivity index (χ0) is 26.6. The molecule has 38 heavy (non-hydrogen) atoms. The van der Waals surface area contributed by atoms with Gasteiger partial charge in [-0.05, 0) is 62.8 Å². The fourth-order valence-electron chi connectivity index (χ4n) is 6.01. The van der Waals surface area contributed by atoms with Gasteiger partial charge in [0.05, 0.1) is 23.0 Å². The molecule has 1 saturated heterocycles. The number of hydrogen-bond donors (Lipinski definition) is 2. The van der Waals surface area contributed by atoms with E-state index < -0.39 is 5.97 Å². The highest BCUT2D eigenvalue weighted by atomic mass is 16.4. The molecule has 1 spiro atoms. The summed E-state index contributed by atoms with van der Waals surface area (Å²) in [6.07, 6.45) is 6.36. The molecule has 4 aromatic rings. The van der Waals surface area contributed by atoms with Gasteiger partial charge >= 0.3 is 5.97 Å². The molecule has 0 bridgehead atoms. The Morgan fingerprint density at radius 1 is 1.11 bits per heavy atom. The van der Waals surface area contributed by atoms with Gasteiger partial charge in [0, 0.05) is 48.3 Å². The van der Waals surface area contributed by atoms with Crippen molar-refractivity contribution in [3.8, 4) is 11.3 Å². The molecule has 9 heteroatoms. The molecule has 2 N–H and O–H groups in total. The number of benzene rings is 1. The number of fused-ring (bicyclic) bond motifs is 2. The molecule has 0 saturated carbocycles. The van der Waals surface area contributed by atoms with Crippen molar-refractivity contribution in [2.24, 2.45) is 5.41 Å². The smallest absolute Gasteiger partial charge is 0.335 e. The number of aromatic amines is 1. The zero-order valence-electron chi connectivity index (χ0n) is 21.4. The summed E-state index contributed by atoms with van der Waals surface area (Å²) in [5, 5.41) is 14.7. The van der Waals surface area contributed by atoms with E-state index in [0.29, 0.717) is 42.0 Å². The molecular weight excluding hydrogens is 482 g/mol. The highest BCUT2D eigenvalue weighted by Gasteiger charge is 2.43. The van der Waals surface area contributed by atoms with E-state index in [1.165, 1.54) is 6.07 Å². The number of nitrogens with one attached hydrogen (secondary N) is 1. The van der Waals surface area contributed by atoms with Crippen molar-refractivity contribution in [3.05, 3.63) is 71.3 Å². The van der Waals surface area contributed by atoms with E-state index >= 15 is 0 Å². The maximum Gasteiger partial charge on any atom is 0.335 e. The lowest BCUT2D eigenvalue weighted by Gasteiger charge is -2.43. The second-order valence-corrected chi connectivity index (χ2v) is 10.8. The van der Waals surface area contributed by atoms with E-state index in [-0.39, 0.29) is 28.7 Å². The summed E-state index contributed by atoms with van der Waals surface area (Å²) in [4.78, 5) is 47.6. The lowest BCUT2D eigenvalue weighted by molar-refractivity contribution is 0.0513. The molecule has 1 aliphatic heterocycles. The number of carbonyl (C=O) groups excluding carboxylic acids is 2. The second-order valence-electron chi connectivity index (χ2n) is 10.8. The topological polar surface area (TPSA) is 121 Å². The van der Waals surface area contributed by atoms with E-state index in [0.717, 1.165) is 35.9 Å². The van der Waals surface area contributed by atoms with Crippen molar-refractivity contribution in [1.29, 1.82) is 0 Å². The number of Topliss-reactive ketones (excluding diaryl/α,β-unsaturated/α-hetero) is 1. The zero-order valence-corrected chi connectivity index (χ0v) is 21.4. The summed E-state index contributed by atoms with van der Waals surface area (Å²) in [6.45, 7) is 5.23. The van der Waals surface area contributed by atoms with Gasteiger partial charge in [0.2, 0.25) is 0 Å². The van der Waals surface area contributed by atoms with Crippen LogP contribution in [0.5, 0.6) is 0 Å². The van der Waals surface area contributed by atoms with Gasteiger partial charge in [-0.15, -0.1) is 0 Å². The molecule has 194 valence electrons. The molecule has 6 rings (SSSR count). The Bertz CT molecular complexity index is 1590. The normalized spacial score (nSPS) is 16.8. The van der Waals surface area contributed by atoms with E-state index in [2.05, 4.69) is 15.1 Å². The molecule has 9 nitrogen and oxygen atoms in total. The van der Waals surface area contributed by atoms with E-state index in [4.69, 9.17) is 0 Å². The predicted molar refractivity (Wildman–Crippen MR) is 141 cm³/mol. The third-order valence-corrected chi connectivity index (χ3v) is 7.99.